The summed E-state index contributed by atoms with van der Waals surface area (Å²) in [6, 6.07) is 9.58. The molecule has 6 nitrogen and oxygen atoms in total. The van der Waals surface area contributed by atoms with Crippen molar-refractivity contribution in [2.24, 2.45) is 0 Å². The monoisotopic (exact) mass is 457 g/mol. The molecule has 1 fully saturated rings. The van der Waals surface area contributed by atoms with Gasteiger partial charge in [-0.05, 0) is 42.8 Å². The van der Waals surface area contributed by atoms with Crippen LogP contribution in [0, 0.1) is 0 Å². The van der Waals surface area contributed by atoms with E-state index in [-0.39, 0.29) is 22.2 Å². The van der Waals surface area contributed by atoms with Crippen molar-refractivity contribution in [2.75, 3.05) is 51.4 Å². The van der Waals surface area contributed by atoms with Gasteiger partial charge in [-0.2, -0.15) is 8.78 Å². The van der Waals surface area contributed by atoms with E-state index >= 15 is 0 Å². The van der Waals surface area contributed by atoms with Gasteiger partial charge in [-0.3, -0.25) is 9.29 Å². The van der Waals surface area contributed by atoms with E-state index in [0.717, 1.165) is 19.2 Å². The van der Waals surface area contributed by atoms with E-state index < -0.39 is 16.4 Å². The molecule has 1 heterocycles. The summed E-state index contributed by atoms with van der Waals surface area (Å²) in [6.45, 7) is 0.0347. The Morgan fingerprint density at radius 1 is 1.03 bits per heavy atom. The number of anilines is 1. The average Bonchev–Trinajstić information content (AvgIpc) is 2.77. The third-order valence-electron chi connectivity index (χ3n) is 5.12. The Labute approximate surface area is 180 Å². The van der Waals surface area contributed by atoms with Gasteiger partial charge in [-0.25, -0.2) is 8.42 Å². The largest absolute Gasteiger partial charge is 0.495 e. The maximum Gasteiger partial charge on any atom is 0.387 e. The first kappa shape index (κ1) is 23.2. The van der Waals surface area contributed by atoms with Crippen molar-refractivity contribution in [1.82, 2.24) is 4.90 Å². The molecule has 170 valence electrons. The van der Waals surface area contributed by atoms with Crippen LogP contribution < -0.4 is 14.4 Å². The molecular weight excluding hydrogens is 432 g/mol. The molecule has 0 aromatic heterocycles. The third kappa shape index (κ3) is 5.62. The number of piperazine rings is 1. The number of nitrogens with zero attached hydrogens (tertiary/aromatic N) is 2. The predicted molar refractivity (Wildman–Crippen MR) is 111 cm³/mol. The summed E-state index contributed by atoms with van der Waals surface area (Å²) in [7, 11) is -2.46. The number of ether oxygens (including phenoxy) is 2. The van der Waals surface area contributed by atoms with Crippen LogP contribution in [0.25, 0.3) is 0 Å². The Kier molecular flexibility index (Phi) is 7.66. The second-order valence-corrected chi connectivity index (χ2v) is 9.01. The Hall–Kier alpha value is -2.46. The third-order valence-corrected chi connectivity index (χ3v) is 6.87. The van der Waals surface area contributed by atoms with Gasteiger partial charge in [0.1, 0.15) is 11.5 Å². The molecule has 0 spiro atoms. The highest BCUT2D eigenvalue weighted by Gasteiger charge is 2.24. The maximum atomic E-state index is 13.1. The number of sulfone groups is 1. The molecule has 1 saturated heterocycles. The van der Waals surface area contributed by atoms with Crippen LogP contribution >= 0.6 is 0 Å². The lowest BCUT2D eigenvalue weighted by atomic mass is 10.2. The minimum atomic E-state index is -3.97. The van der Waals surface area contributed by atoms with Gasteiger partial charge in [0.15, 0.2) is 0 Å². The Bertz CT molecular complexity index is 980. The standard InChI is InChI=1S/C21H25F3N2O4S/c1-29-20-7-6-18(15-19(20)26-12-10-25(11-13-26)9-3-8-22)31(27,28)17-5-2-4-16(14-17)30-21(23)24/h2,4-7,14-15,21H,3,8-13H2,1H3/i22-1. The molecule has 0 atom stereocenters. The summed E-state index contributed by atoms with van der Waals surface area (Å²) in [5, 5.41) is 0. The molecule has 0 N–H and O–H groups in total. The summed E-state index contributed by atoms with van der Waals surface area (Å²) in [5.41, 5.74) is 0.633. The molecule has 0 bridgehead atoms. The van der Waals surface area contributed by atoms with E-state index in [1.54, 1.807) is 6.07 Å². The van der Waals surface area contributed by atoms with Gasteiger partial charge < -0.3 is 14.4 Å². The average molecular weight is 458 g/mol. The first-order valence-electron chi connectivity index (χ1n) is 9.86. The van der Waals surface area contributed by atoms with Crippen molar-refractivity contribution in [3.8, 4) is 11.5 Å². The molecule has 0 radical (unpaired) electrons. The lowest BCUT2D eigenvalue weighted by Crippen LogP contribution is -2.46. The van der Waals surface area contributed by atoms with Gasteiger partial charge in [0.2, 0.25) is 9.84 Å². The number of alkyl halides is 3. The fourth-order valence-electron chi connectivity index (χ4n) is 3.53. The van der Waals surface area contributed by atoms with Gasteiger partial charge in [0.25, 0.3) is 0 Å². The normalized spacial score (nSPS) is 15.3. The summed E-state index contributed by atoms with van der Waals surface area (Å²) in [5.74, 6) is 0.306. The first-order chi connectivity index (χ1) is 14.8. The summed E-state index contributed by atoms with van der Waals surface area (Å²) < 4.78 is 73.4. The van der Waals surface area contributed by atoms with Crippen molar-refractivity contribution in [2.45, 2.75) is 22.8 Å². The number of rotatable bonds is 9. The summed E-state index contributed by atoms with van der Waals surface area (Å²) in [4.78, 5) is 4.08. The van der Waals surface area contributed by atoms with Crippen LogP contribution in [0.1, 0.15) is 6.42 Å². The zero-order valence-electron chi connectivity index (χ0n) is 17.1. The Morgan fingerprint density at radius 3 is 2.39 bits per heavy atom. The fraction of sp³-hybridized carbons (Fsp3) is 0.429. The summed E-state index contributed by atoms with van der Waals surface area (Å²) >= 11 is 0. The number of methoxy groups -OCH3 is 1. The van der Waals surface area contributed by atoms with Crippen LogP contribution in [0.3, 0.4) is 0 Å². The zero-order valence-corrected chi connectivity index (χ0v) is 18.0. The van der Waals surface area contributed by atoms with Crippen LogP contribution in [-0.2, 0) is 9.84 Å². The lowest BCUT2D eigenvalue weighted by molar-refractivity contribution is -0.0499. The maximum absolute atomic E-state index is 13.1. The summed E-state index contributed by atoms with van der Waals surface area (Å²) in [6.07, 6.45) is 0.491. The van der Waals surface area contributed by atoms with Crippen molar-refractivity contribution in [1.29, 1.82) is 0 Å². The molecule has 1 aliphatic heterocycles. The smallest absolute Gasteiger partial charge is 0.387 e. The van der Waals surface area contributed by atoms with Gasteiger partial charge in [0.05, 0.1) is 29.3 Å². The number of benzene rings is 2. The van der Waals surface area contributed by atoms with Crippen molar-refractivity contribution < 1.29 is 31.1 Å². The topological polar surface area (TPSA) is 59.1 Å². The van der Waals surface area contributed by atoms with Crippen molar-refractivity contribution >= 4 is 15.5 Å². The SMILES string of the molecule is COc1ccc(S(=O)(=O)c2cccc(OC(F)F)c2)cc1N1CCN(CCC[18F])CC1. The Balaban J connectivity index is 1.86. The second kappa shape index (κ2) is 10.2. The Morgan fingerprint density at radius 2 is 1.74 bits per heavy atom. The van der Waals surface area contributed by atoms with Gasteiger partial charge in [-0.1, -0.05) is 6.07 Å². The van der Waals surface area contributed by atoms with Crippen LogP contribution in [0.2, 0.25) is 0 Å². The second-order valence-electron chi connectivity index (χ2n) is 7.06. The van der Waals surface area contributed by atoms with Crippen LogP contribution in [0.4, 0.5) is 18.9 Å². The van der Waals surface area contributed by atoms with Crippen LogP contribution in [-0.4, -0.2) is 66.4 Å². The molecular formula is C21H25F3N2O4S. The number of hydrogen-bond donors (Lipinski definition) is 0. The quantitative estimate of drug-likeness (QED) is 0.574. The molecule has 0 saturated carbocycles. The van der Waals surface area contributed by atoms with E-state index in [1.807, 2.05) is 4.90 Å². The molecule has 0 amide bonds. The predicted octanol–water partition coefficient (Wildman–Crippen LogP) is 3.61. The molecule has 2 aromatic carbocycles. The van der Waals surface area contributed by atoms with E-state index in [2.05, 4.69) is 9.64 Å². The van der Waals surface area contributed by atoms with Crippen LogP contribution in [0.5, 0.6) is 11.5 Å². The van der Waals surface area contributed by atoms with Gasteiger partial charge >= 0.3 is 6.61 Å². The minimum Gasteiger partial charge on any atom is -0.495 e. The molecule has 10 heteroatoms. The highest BCUT2D eigenvalue weighted by atomic mass is 32.2. The molecule has 0 unspecified atom stereocenters. The van der Waals surface area contributed by atoms with Crippen molar-refractivity contribution in [3.05, 3.63) is 42.5 Å². The van der Waals surface area contributed by atoms with Gasteiger partial charge in [0, 0.05) is 32.7 Å². The van der Waals surface area contributed by atoms with E-state index in [9.17, 15) is 21.6 Å². The van der Waals surface area contributed by atoms with Crippen LogP contribution in [0.15, 0.2) is 52.3 Å². The number of hydrogen-bond acceptors (Lipinski definition) is 6. The van der Waals surface area contributed by atoms with Gasteiger partial charge in [-0.15, -0.1) is 0 Å². The van der Waals surface area contributed by atoms with E-state index in [0.29, 0.717) is 37.5 Å². The van der Waals surface area contributed by atoms with Crippen molar-refractivity contribution in [3.63, 3.8) is 0 Å². The molecule has 0 aliphatic carbocycles. The van der Waals surface area contributed by atoms with E-state index in [1.165, 1.54) is 37.4 Å². The van der Waals surface area contributed by atoms with E-state index in [4.69, 9.17) is 4.74 Å². The number of halogens is 3. The fourth-order valence-corrected chi connectivity index (χ4v) is 4.85. The minimum absolute atomic E-state index is 0.0253. The molecule has 1 aliphatic rings. The first-order valence-corrected chi connectivity index (χ1v) is 11.3. The molecule has 3 rings (SSSR count). The highest BCUT2D eigenvalue weighted by molar-refractivity contribution is 7.91. The molecule has 2 aromatic rings. The highest BCUT2D eigenvalue weighted by Crippen LogP contribution is 2.34. The molecule has 31 heavy (non-hydrogen) atoms. The zero-order chi connectivity index (χ0) is 22.4. The lowest BCUT2D eigenvalue weighted by Gasteiger charge is -2.36.